The summed E-state index contributed by atoms with van der Waals surface area (Å²) in [4.78, 5) is 39.9. The Hall–Kier alpha value is -2.63. The third kappa shape index (κ3) is 3.11. The van der Waals surface area contributed by atoms with Gasteiger partial charge >= 0.3 is 0 Å². The van der Waals surface area contributed by atoms with E-state index in [4.69, 9.17) is 0 Å². The Balaban J connectivity index is 1.61. The lowest BCUT2D eigenvalue weighted by Gasteiger charge is -2.38. The molecular formula is C22H27N3O3. The van der Waals surface area contributed by atoms with Crippen LogP contribution in [0.15, 0.2) is 35.1 Å². The first kappa shape index (κ1) is 18.7. The van der Waals surface area contributed by atoms with Crippen LogP contribution in [0.2, 0.25) is 0 Å². The largest absolute Gasteiger partial charge is 0.349 e. The summed E-state index contributed by atoms with van der Waals surface area (Å²) in [5.74, 6) is -0.197. The first-order chi connectivity index (χ1) is 13.4. The van der Waals surface area contributed by atoms with Gasteiger partial charge in [0.2, 0.25) is 5.91 Å². The van der Waals surface area contributed by atoms with Gasteiger partial charge in [0.05, 0.1) is 5.52 Å². The van der Waals surface area contributed by atoms with Crippen molar-refractivity contribution >= 4 is 22.7 Å². The van der Waals surface area contributed by atoms with Gasteiger partial charge < -0.3 is 14.8 Å². The highest BCUT2D eigenvalue weighted by Gasteiger charge is 2.42. The lowest BCUT2D eigenvalue weighted by Crippen LogP contribution is -2.52. The van der Waals surface area contributed by atoms with Crippen LogP contribution in [0.25, 0.3) is 10.9 Å². The maximum absolute atomic E-state index is 13.0. The predicted octanol–water partition coefficient (Wildman–Crippen LogP) is 2.85. The number of amides is 2. The molecule has 2 aliphatic heterocycles. The highest BCUT2D eigenvalue weighted by molar-refractivity contribution is 5.97. The quantitative estimate of drug-likeness (QED) is 0.889. The molecule has 2 saturated heterocycles. The number of benzene rings is 1. The molecular weight excluding hydrogens is 354 g/mol. The van der Waals surface area contributed by atoms with Gasteiger partial charge in [0, 0.05) is 31.1 Å². The Morgan fingerprint density at radius 1 is 1.11 bits per heavy atom. The van der Waals surface area contributed by atoms with E-state index in [1.54, 1.807) is 17.6 Å². The first-order valence-electron chi connectivity index (χ1n) is 10.1. The van der Waals surface area contributed by atoms with E-state index < -0.39 is 0 Å². The minimum atomic E-state index is -0.314. The van der Waals surface area contributed by atoms with E-state index in [0.717, 1.165) is 36.6 Å². The third-order valence-electron chi connectivity index (χ3n) is 6.14. The van der Waals surface area contributed by atoms with Crippen molar-refractivity contribution < 1.29 is 9.59 Å². The topological polar surface area (TPSA) is 71.4 Å². The zero-order chi connectivity index (χ0) is 20.0. The van der Waals surface area contributed by atoms with Gasteiger partial charge in [0.1, 0.15) is 5.56 Å². The fraction of sp³-hybridized carbons (Fsp3) is 0.500. The molecule has 2 aromatic rings. The molecule has 2 bridgehead atoms. The highest BCUT2D eigenvalue weighted by Crippen LogP contribution is 2.35. The fourth-order valence-corrected chi connectivity index (χ4v) is 5.03. The number of rotatable bonds is 3. The van der Waals surface area contributed by atoms with Crippen LogP contribution in [-0.4, -0.2) is 39.4 Å². The number of aromatic nitrogens is 1. The van der Waals surface area contributed by atoms with E-state index in [9.17, 15) is 14.4 Å². The van der Waals surface area contributed by atoms with Crippen molar-refractivity contribution in [2.24, 2.45) is 0 Å². The number of carbonyl (C=O) groups excluding carboxylic acids is 2. The minimum Gasteiger partial charge on any atom is -0.349 e. The van der Waals surface area contributed by atoms with Crippen molar-refractivity contribution in [3.8, 4) is 0 Å². The van der Waals surface area contributed by atoms with Crippen LogP contribution in [0.1, 0.15) is 62.9 Å². The molecule has 1 aromatic heterocycles. The molecule has 2 atom stereocenters. The van der Waals surface area contributed by atoms with Crippen LogP contribution in [0, 0.1) is 0 Å². The van der Waals surface area contributed by atoms with Gasteiger partial charge in [0.25, 0.3) is 11.5 Å². The van der Waals surface area contributed by atoms with Gasteiger partial charge in [-0.25, -0.2) is 0 Å². The van der Waals surface area contributed by atoms with Crippen LogP contribution in [0.3, 0.4) is 0 Å². The number of hydrogen-bond acceptors (Lipinski definition) is 3. The van der Waals surface area contributed by atoms with Crippen LogP contribution >= 0.6 is 0 Å². The molecule has 2 aliphatic rings. The van der Waals surface area contributed by atoms with Crippen molar-refractivity contribution in [3.63, 3.8) is 0 Å². The Labute approximate surface area is 164 Å². The molecule has 4 rings (SSSR count). The molecule has 2 unspecified atom stereocenters. The Morgan fingerprint density at radius 3 is 2.36 bits per heavy atom. The van der Waals surface area contributed by atoms with Gasteiger partial charge in [-0.05, 0) is 57.0 Å². The molecule has 28 heavy (non-hydrogen) atoms. The zero-order valence-electron chi connectivity index (χ0n) is 16.6. The second kappa shape index (κ2) is 7.08. The van der Waals surface area contributed by atoms with Crippen LogP contribution in [-0.2, 0) is 4.79 Å². The van der Waals surface area contributed by atoms with Crippen molar-refractivity contribution in [2.75, 3.05) is 0 Å². The smallest absolute Gasteiger partial charge is 0.264 e. The van der Waals surface area contributed by atoms with Crippen LogP contribution < -0.4 is 10.9 Å². The Kier molecular flexibility index (Phi) is 4.73. The van der Waals surface area contributed by atoms with Gasteiger partial charge in [-0.3, -0.25) is 14.4 Å². The molecule has 0 saturated carbocycles. The number of nitrogens with zero attached hydrogens (tertiary/aromatic N) is 2. The second-order valence-electron chi connectivity index (χ2n) is 8.34. The summed E-state index contributed by atoms with van der Waals surface area (Å²) in [7, 11) is 0. The molecule has 6 nitrogen and oxygen atoms in total. The van der Waals surface area contributed by atoms with Crippen molar-refractivity contribution in [2.45, 2.75) is 70.6 Å². The van der Waals surface area contributed by atoms with Gasteiger partial charge in [-0.2, -0.15) is 0 Å². The highest BCUT2D eigenvalue weighted by atomic mass is 16.2. The average Bonchev–Trinajstić information content (AvgIpc) is 2.92. The SMILES string of the molecule is CC(=O)N1C2CCC1CC(NC(=O)c1cc3ccccc3n(C(C)C)c1=O)C2. The minimum absolute atomic E-state index is 0.000953. The summed E-state index contributed by atoms with van der Waals surface area (Å²) in [6, 6.07) is 9.71. The van der Waals surface area contributed by atoms with Gasteiger partial charge in [-0.15, -0.1) is 0 Å². The van der Waals surface area contributed by atoms with Crippen LogP contribution in [0.4, 0.5) is 0 Å². The standard InChI is InChI=1S/C22H27N3O3/c1-13(2)24-20-7-5-4-6-15(20)10-19(22(24)28)21(27)23-16-11-17-8-9-18(12-16)25(17)14(3)26/h4-7,10,13,16-18H,8-9,11-12H2,1-3H3,(H,23,27). The molecule has 2 amide bonds. The maximum atomic E-state index is 13.0. The fourth-order valence-electron chi connectivity index (χ4n) is 5.03. The molecule has 6 heteroatoms. The van der Waals surface area contributed by atoms with E-state index in [1.165, 1.54) is 0 Å². The number of pyridine rings is 1. The van der Waals surface area contributed by atoms with E-state index in [0.29, 0.717) is 0 Å². The van der Waals surface area contributed by atoms with Gasteiger partial charge in [-0.1, -0.05) is 18.2 Å². The molecule has 0 radical (unpaired) electrons. The lowest BCUT2D eigenvalue weighted by molar-refractivity contribution is -0.133. The first-order valence-corrected chi connectivity index (χ1v) is 10.1. The van der Waals surface area contributed by atoms with E-state index in [2.05, 4.69) is 5.32 Å². The molecule has 3 heterocycles. The van der Waals surface area contributed by atoms with Gasteiger partial charge in [0.15, 0.2) is 0 Å². The summed E-state index contributed by atoms with van der Waals surface area (Å²) in [6.45, 7) is 5.52. The second-order valence-corrected chi connectivity index (χ2v) is 8.34. The lowest BCUT2D eigenvalue weighted by atomic mass is 9.97. The summed E-state index contributed by atoms with van der Waals surface area (Å²) in [5.41, 5.74) is 0.774. The molecule has 0 spiro atoms. The molecule has 148 valence electrons. The number of hydrogen-bond donors (Lipinski definition) is 1. The van der Waals surface area contributed by atoms with Crippen molar-refractivity contribution in [1.82, 2.24) is 14.8 Å². The molecule has 1 aromatic carbocycles. The maximum Gasteiger partial charge on any atom is 0.264 e. The number of piperidine rings is 1. The molecule has 1 N–H and O–H groups in total. The predicted molar refractivity (Wildman–Crippen MR) is 108 cm³/mol. The number of fused-ring (bicyclic) bond motifs is 3. The van der Waals surface area contributed by atoms with E-state index in [1.807, 2.05) is 43.0 Å². The third-order valence-corrected chi connectivity index (χ3v) is 6.14. The Morgan fingerprint density at radius 2 is 1.75 bits per heavy atom. The van der Waals surface area contributed by atoms with E-state index in [-0.39, 0.29) is 47.1 Å². The zero-order valence-corrected chi connectivity index (χ0v) is 16.6. The summed E-state index contributed by atoms with van der Waals surface area (Å²) < 4.78 is 1.69. The normalized spacial score (nSPS) is 24.0. The van der Waals surface area contributed by atoms with E-state index >= 15 is 0 Å². The van der Waals surface area contributed by atoms with Crippen LogP contribution in [0.5, 0.6) is 0 Å². The number of para-hydroxylation sites is 1. The Bertz CT molecular complexity index is 980. The molecule has 2 fully saturated rings. The average molecular weight is 381 g/mol. The summed E-state index contributed by atoms with van der Waals surface area (Å²) in [6.07, 6.45) is 3.50. The molecule has 0 aliphatic carbocycles. The monoisotopic (exact) mass is 381 g/mol. The summed E-state index contributed by atoms with van der Waals surface area (Å²) >= 11 is 0. The number of nitrogens with one attached hydrogen (secondary N) is 1. The van der Waals surface area contributed by atoms with Crippen molar-refractivity contribution in [3.05, 3.63) is 46.2 Å². The summed E-state index contributed by atoms with van der Waals surface area (Å²) in [5, 5.41) is 3.96. The van der Waals surface area contributed by atoms with Crippen molar-refractivity contribution in [1.29, 1.82) is 0 Å². The number of carbonyl (C=O) groups is 2.